The molecule has 2 aliphatic heterocycles. The van der Waals surface area contributed by atoms with E-state index in [-0.39, 0.29) is 11.7 Å². The van der Waals surface area contributed by atoms with Gasteiger partial charge in [-0.15, -0.1) is 0 Å². The third-order valence-corrected chi connectivity index (χ3v) is 4.45. The van der Waals surface area contributed by atoms with Gasteiger partial charge in [0.1, 0.15) is 5.75 Å². The number of phenolic OH excluding ortho intramolecular Hbond substituents is 1. The van der Waals surface area contributed by atoms with Crippen LogP contribution in [-0.2, 0) is 9.53 Å². The van der Waals surface area contributed by atoms with E-state index in [1.54, 1.807) is 18.2 Å². The van der Waals surface area contributed by atoms with Crippen LogP contribution in [0.5, 0.6) is 5.75 Å². The maximum atomic E-state index is 12.0. The third kappa shape index (κ3) is 4.50. The van der Waals surface area contributed by atoms with E-state index >= 15 is 0 Å². The smallest absolute Gasteiger partial charge is 0.286 e. The summed E-state index contributed by atoms with van der Waals surface area (Å²) in [7, 11) is 0. The zero-order valence-electron chi connectivity index (χ0n) is 13.1. The first kappa shape index (κ1) is 17.8. The first-order valence-electron chi connectivity index (χ1n) is 7.47. The number of nitrogens with zero attached hydrogens (tertiary/aromatic N) is 2. The molecule has 1 fully saturated rings. The maximum absolute atomic E-state index is 12.0. The molecule has 7 heteroatoms. The van der Waals surface area contributed by atoms with E-state index in [1.165, 1.54) is 17.8 Å². The first-order valence-corrected chi connectivity index (χ1v) is 8.67. The molecule has 0 aromatic heterocycles. The Balaban J connectivity index is 0.000000924. The molecule has 3 rings (SSSR count). The Kier molecular flexibility index (Phi) is 6.50. The molecule has 124 valence electrons. The molecule has 1 N–H and O–H groups in total. The van der Waals surface area contributed by atoms with Crippen LogP contribution in [0, 0.1) is 0 Å². The van der Waals surface area contributed by atoms with E-state index in [4.69, 9.17) is 16.3 Å². The summed E-state index contributed by atoms with van der Waals surface area (Å²) in [6, 6.07) is 4.71. The van der Waals surface area contributed by atoms with Crippen LogP contribution in [0.4, 0.5) is 0 Å². The van der Waals surface area contributed by atoms with E-state index in [0.717, 1.165) is 13.1 Å². The Morgan fingerprint density at radius 1 is 1.35 bits per heavy atom. The summed E-state index contributed by atoms with van der Waals surface area (Å²) < 4.78 is 5.28. The normalized spacial score (nSPS) is 19.4. The number of morpholine rings is 1. The second-order valence-corrected chi connectivity index (χ2v) is 6.06. The highest BCUT2D eigenvalue weighted by atomic mass is 35.5. The van der Waals surface area contributed by atoms with Crippen LogP contribution in [0.3, 0.4) is 0 Å². The summed E-state index contributed by atoms with van der Waals surface area (Å²) in [4.78, 5) is 18.6. The summed E-state index contributed by atoms with van der Waals surface area (Å²) in [6.45, 7) is 6.74. The van der Waals surface area contributed by atoms with Crippen LogP contribution in [0.2, 0.25) is 5.02 Å². The number of amidine groups is 1. The number of rotatable bonds is 1. The number of halogens is 1. The number of aliphatic imine (C=N–C) groups is 1. The molecule has 2 heterocycles. The number of amides is 1. The highest BCUT2D eigenvalue weighted by Gasteiger charge is 2.27. The van der Waals surface area contributed by atoms with Crippen LogP contribution in [-0.4, -0.2) is 47.4 Å². The number of aromatic hydroxyl groups is 1. The number of carbonyl (C=O) groups excluding carboxylic acids is 1. The molecule has 23 heavy (non-hydrogen) atoms. The number of phenols is 1. The van der Waals surface area contributed by atoms with Crippen molar-refractivity contribution >= 4 is 40.5 Å². The zero-order valence-corrected chi connectivity index (χ0v) is 14.7. The van der Waals surface area contributed by atoms with E-state index in [2.05, 4.69) is 4.99 Å². The van der Waals surface area contributed by atoms with E-state index in [0.29, 0.717) is 33.9 Å². The Bertz CT molecular complexity index is 640. The Hall–Kier alpha value is -1.50. The average molecular weight is 355 g/mol. The number of hydrogen-bond donors (Lipinski definition) is 1. The van der Waals surface area contributed by atoms with E-state index < -0.39 is 0 Å². The Morgan fingerprint density at radius 3 is 2.74 bits per heavy atom. The molecule has 1 aromatic carbocycles. The summed E-state index contributed by atoms with van der Waals surface area (Å²) in [5.41, 5.74) is 0.511. The van der Waals surface area contributed by atoms with Crippen LogP contribution < -0.4 is 0 Å². The van der Waals surface area contributed by atoms with Crippen molar-refractivity contribution in [1.82, 2.24) is 4.90 Å². The quantitative estimate of drug-likeness (QED) is 0.783. The number of ether oxygens (including phenoxy) is 1. The molecule has 1 amide bonds. The highest BCUT2D eigenvalue weighted by molar-refractivity contribution is 8.18. The second-order valence-electron chi connectivity index (χ2n) is 4.61. The Morgan fingerprint density at radius 2 is 2.04 bits per heavy atom. The topological polar surface area (TPSA) is 62.1 Å². The molecule has 0 saturated carbocycles. The van der Waals surface area contributed by atoms with Crippen LogP contribution in [0.25, 0.3) is 6.08 Å². The molecule has 0 radical (unpaired) electrons. The van der Waals surface area contributed by atoms with Gasteiger partial charge in [-0.05, 0) is 36.0 Å². The van der Waals surface area contributed by atoms with Gasteiger partial charge < -0.3 is 14.7 Å². The van der Waals surface area contributed by atoms with Gasteiger partial charge in [0.05, 0.1) is 18.1 Å². The van der Waals surface area contributed by atoms with Crippen LogP contribution in [0.15, 0.2) is 28.1 Å². The van der Waals surface area contributed by atoms with Gasteiger partial charge in [0.2, 0.25) is 0 Å². The van der Waals surface area contributed by atoms with Crippen molar-refractivity contribution in [3.8, 4) is 5.75 Å². The van der Waals surface area contributed by atoms with Gasteiger partial charge in [-0.25, -0.2) is 0 Å². The monoisotopic (exact) mass is 354 g/mol. The fourth-order valence-corrected chi connectivity index (χ4v) is 3.21. The lowest BCUT2D eigenvalue weighted by atomic mass is 10.2. The van der Waals surface area contributed by atoms with Crippen molar-refractivity contribution in [2.75, 3.05) is 26.3 Å². The van der Waals surface area contributed by atoms with Gasteiger partial charge in [-0.2, -0.15) is 4.99 Å². The van der Waals surface area contributed by atoms with Crippen LogP contribution in [0.1, 0.15) is 19.4 Å². The van der Waals surface area contributed by atoms with Crippen molar-refractivity contribution in [2.24, 2.45) is 4.99 Å². The SMILES string of the molecule is CC.O=C1N=C(N2CCOCC2)S/C1=C\c1cc(Cl)ccc1O. The predicted molar refractivity (Wildman–Crippen MR) is 94.9 cm³/mol. The minimum Gasteiger partial charge on any atom is -0.507 e. The van der Waals surface area contributed by atoms with Crippen molar-refractivity contribution in [3.05, 3.63) is 33.7 Å². The molecule has 1 aromatic rings. The van der Waals surface area contributed by atoms with E-state index in [1.807, 2.05) is 18.7 Å². The number of hydrogen-bond acceptors (Lipinski definition) is 5. The first-order chi connectivity index (χ1) is 11.1. The second kappa shape index (κ2) is 8.38. The molecule has 0 aliphatic carbocycles. The average Bonchev–Trinajstić information content (AvgIpc) is 2.95. The molecular formula is C16H19ClN2O3S. The summed E-state index contributed by atoms with van der Waals surface area (Å²) in [5.74, 6) is -0.207. The third-order valence-electron chi connectivity index (χ3n) is 3.17. The number of thioether (sulfide) groups is 1. The minimum absolute atomic E-state index is 0.0834. The molecule has 0 bridgehead atoms. The predicted octanol–water partition coefficient (Wildman–Crippen LogP) is 3.37. The van der Waals surface area contributed by atoms with Gasteiger partial charge in [-0.1, -0.05) is 25.4 Å². The van der Waals surface area contributed by atoms with E-state index in [9.17, 15) is 9.90 Å². The molecule has 0 spiro atoms. The van der Waals surface area contributed by atoms with Gasteiger partial charge in [0.15, 0.2) is 5.17 Å². The standard InChI is InChI=1S/C14H13ClN2O3S.C2H6/c15-10-1-2-11(18)9(7-10)8-12-13(19)16-14(21-12)17-3-5-20-6-4-17;1-2/h1-2,7-8,18H,3-6H2;1-2H3/b12-8-;. The van der Waals surface area contributed by atoms with Crippen molar-refractivity contribution in [1.29, 1.82) is 0 Å². The van der Waals surface area contributed by atoms with Gasteiger partial charge in [0, 0.05) is 23.7 Å². The maximum Gasteiger partial charge on any atom is 0.286 e. The lowest BCUT2D eigenvalue weighted by Crippen LogP contribution is -2.38. The molecule has 5 nitrogen and oxygen atoms in total. The lowest BCUT2D eigenvalue weighted by molar-refractivity contribution is -0.113. The van der Waals surface area contributed by atoms with Crippen molar-refractivity contribution in [3.63, 3.8) is 0 Å². The molecular weight excluding hydrogens is 336 g/mol. The summed E-state index contributed by atoms with van der Waals surface area (Å²) in [6.07, 6.45) is 1.62. The summed E-state index contributed by atoms with van der Waals surface area (Å²) in [5, 5.41) is 11.0. The van der Waals surface area contributed by atoms with Gasteiger partial charge in [0.25, 0.3) is 5.91 Å². The molecule has 1 saturated heterocycles. The molecule has 0 atom stereocenters. The number of benzene rings is 1. The fraction of sp³-hybridized carbons (Fsp3) is 0.375. The molecule has 2 aliphatic rings. The van der Waals surface area contributed by atoms with Gasteiger partial charge >= 0.3 is 0 Å². The minimum atomic E-state index is -0.291. The van der Waals surface area contributed by atoms with Crippen molar-refractivity contribution in [2.45, 2.75) is 13.8 Å². The zero-order chi connectivity index (χ0) is 16.8. The largest absolute Gasteiger partial charge is 0.507 e. The Labute approximate surface area is 145 Å². The van der Waals surface area contributed by atoms with Crippen LogP contribution >= 0.6 is 23.4 Å². The lowest BCUT2D eigenvalue weighted by Gasteiger charge is -2.27. The highest BCUT2D eigenvalue weighted by Crippen LogP contribution is 2.33. The summed E-state index contributed by atoms with van der Waals surface area (Å²) >= 11 is 7.22. The van der Waals surface area contributed by atoms with Crippen molar-refractivity contribution < 1.29 is 14.6 Å². The number of carbonyl (C=O) groups is 1. The van der Waals surface area contributed by atoms with Gasteiger partial charge in [-0.3, -0.25) is 4.79 Å². The fourth-order valence-electron chi connectivity index (χ4n) is 2.07. The molecule has 0 unspecified atom stereocenters.